The molecule has 1 amide bonds. The first-order valence-electron chi connectivity index (χ1n) is 8.33. The Kier molecular flexibility index (Phi) is 11.5. The highest BCUT2D eigenvalue weighted by atomic mass is 127. The molecule has 0 fully saturated rings. The SMILES string of the molecule is C=C(C)CNC(=NCC(=O)N(C)C)N(C)Cc1ccc(OC)cc1OC.I. The number of halogens is 1. The van der Waals surface area contributed by atoms with Crippen molar-refractivity contribution in [2.24, 2.45) is 4.99 Å². The highest BCUT2D eigenvalue weighted by Crippen LogP contribution is 2.25. The number of guanidine groups is 1. The van der Waals surface area contributed by atoms with Crippen LogP contribution in [0.3, 0.4) is 0 Å². The lowest BCUT2D eigenvalue weighted by Gasteiger charge is -2.24. The predicted octanol–water partition coefficient (Wildman–Crippen LogP) is 2.36. The fourth-order valence-electron chi connectivity index (χ4n) is 2.14. The molecule has 0 aliphatic heterocycles. The molecule has 7 nitrogen and oxygen atoms in total. The van der Waals surface area contributed by atoms with Crippen LogP contribution in [0.15, 0.2) is 35.3 Å². The van der Waals surface area contributed by atoms with Crippen molar-refractivity contribution in [1.29, 1.82) is 0 Å². The van der Waals surface area contributed by atoms with E-state index in [9.17, 15) is 4.79 Å². The Balaban J connectivity index is 0.00000676. The molecule has 1 N–H and O–H groups in total. The zero-order valence-electron chi connectivity index (χ0n) is 17.0. The molecule has 0 heterocycles. The maximum atomic E-state index is 11.9. The first-order valence-corrected chi connectivity index (χ1v) is 8.33. The molecule has 0 unspecified atom stereocenters. The first kappa shape index (κ1) is 25.0. The van der Waals surface area contributed by atoms with Crippen LogP contribution in [-0.2, 0) is 11.3 Å². The van der Waals surface area contributed by atoms with Crippen molar-refractivity contribution in [1.82, 2.24) is 15.1 Å². The number of ether oxygens (including phenoxy) is 2. The maximum absolute atomic E-state index is 11.9. The van der Waals surface area contributed by atoms with Gasteiger partial charge in [0.1, 0.15) is 18.0 Å². The van der Waals surface area contributed by atoms with E-state index in [1.807, 2.05) is 37.1 Å². The van der Waals surface area contributed by atoms with Gasteiger partial charge in [0, 0.05) is 45.9 Å². The largest absolute Gasteiger partial charge is 0.497 e. The molecule has 1 aromatic rings. The van der Waals surface area contributed by atoms with Crippen LogP contribution in [0.1, 0.15) is 12.5 Å². The normalized spacial score (nSPS) is 10.5. The number of carbonyl (C=O) groups excluding carboxylic acids is 1. The molecule has 1 aromatic carbocycles. The summed E-state index contributed by atoms with van der Waals surface area (Å²) in [6, 6.07) is 5.69. The summed E-state index contributed by atoms with van der Waals surface area (Å²) in [5.41, 5.74) is 1.96. The summed E-state index contributed by atoms with van der Waals surface area (Å²) in [5, 5.41) is 3.23. The first-order chi connectivity index (χ1) is 12.3. The molecular weight excluding hydrogens is 459 g/mol. The quantitative estimate of drug-likeness (QED) is 0.263. The Bertz CT molecular complexity index is 662. The van der Waals surface area contributed by atoms with Crippen LogP contribution >= 0.6 is 24.0 Å². The van der Waals surface area contributed by atoms with Gasteiger partial charge in [-0.2, -0.15) is 0 Å². The van der Waals surface area contributed by atoms with E-state index in [0.29, 0.717) is 19.0 Å². The van der Waals surface area contributed by atoms with Gasteiger partial charge >= 0.3 is 0 Å². The van der Waals surface area contributed by atoms with E-state index in [4.69, 9.17) is 9.47 Å². The van der Waals surface area contributed by atoms with E-state index >= 15 is 0 Å². The summed E-state index contributed by atoms with van der Waals surface area (Å²) in [4.78, 5) is 19.8. The lowest BCUT2D eigenvalue weighted by molar-refractivity contribution is -0.127. The van der Waals surface area contributed by atoms with Crippen molar-refractivity contribution in [3.05, 3.63) is 35.9 Å². The Hall–Kier alpha value is -1.97. The molecule has 8 heteroatoms. The number of likely N-dealkylation sites (N-methyl/N-ethyl adjacent to an activating group) is 1. The number of benzene rings is 1. The van der Waals surface area contributed by atoms with Crippen LogP contribution in [-0.4, -0.2) is 70.1 Å². The molecule has 0 saturated heterocycles. The summed E-state index contributed by atoms with van der Waals surface area (Å²) < 4.78 is 10.7. The number of aliphatic imine (C=N–C) groups is 1. The molecule has 0 aromatic heterocycles. The molecule has 0 aliphatic carbocycles. The number of rotatable bonds is 8. The highest BCUT2D eigenvalue weighted by molar-refractivity contribution is 14.0. The van der Waals surface area contributed by atoms with Crippen molar-refractivity contribution in [3.8, 4) is 11.5 Å². The lowest BCUT2D eigenvalue weighted by atomic mass is 10.2. The third kappa shape index (κ3) is 8.51. The molecule has 0 radical (unpaired) electrons. The van der Waals surface area contributed by atoms with E-state index in [1.54, 1.807) is 28.3 Å². The minimum absolute atomic E-state index is 0. The fraction of sp³-hybridized carbons (Fsp3) is 0.474. The molecule has 0 spiro atoms. The third-order valence-electron chi connectivity index (χ3n) is 3.67. The van der Waals surface area contributed by atoms with Crippen molar-refractivity contribution in [2.45, 2.75) is 13.5 Å². The van der Waals surface area contributed by atoms with Gasteiger partial charge in [-0.3, -0.25) is 4.79 Å². The van der Waals surface area contributed by atoms with E-state index in [1.165, 1.54) is 4.90 Å². The molecule has 1 rings (SSSR count). The molecule has 27 heavy (non-hydrogen) atoms. The standard InChI is InChI=1S/C19H30N4O3.HI/c1-14(2)11-20-19(21-12-18(24)22(3)4)23(5)13-15-8-9-16(25-6)10-17(15)26-7;/h8-10H,1,11-13H2,2-7H3,(H,20,21);1H. The van der Waals surface area contributed by atoms with Crippen LogP contribution in [0, 0.1) is 0 Å². The van der Waals surface area contributed by atoms with Crippen molar-refractivity contribution in [2.75, 3.05) is 48.5 Å². The van der Waals surface area contributed by atoms with Gasteiger partial charge in [-0.15, -0.1) is 24.0 Å². The number of amides is 1. The Labute approximate surface area is 179 Å². The topological polar surface area (TPSA) is 66.4 Å². The minimum Gasteiger partial charge on any atom is -0.497 e. The van der Waals surface area contributed by atoms with Crippen LogP contribution in [0.25, 0.3) is 0 Å². The fourth-order valence-corrected chi connectivity index (χ4v) is 2.14. The second kappa shape index (κ2) is 12.4. The Morgan fingerprint density at radius 3 is 2.41 bits per heavy atom. The number of carbonyl (C=O) groups is 1. The Morgan fingerprint density at radius 2 is 1.89 bits per heavy atom. The van der Waals surface area contributed by atoms with Crippen LogP contribution in [0.2, 0.25) is 0 Å². The van der Waals surface area contributed by atoms with E-state index in [0.717, 1.165) is 22.6 Å². The summed E-state index contributed by atoms with van der Waals surface area (Å²) in [6.45, 7) is 7.05. The van der Waals surface area contributed by atoms with Gasteiger partial charge in [-0.05, 0) is 19.1 Å². The van der Waals surface area contributed by atoms with Gasteiger partial charge in [0.05, 0.1) is 14.2 Å². The average Bonchev–Trinajstić information content (AvgIpc) is 2.61. The number of nitrogens with one attached hydrogen (secondary N) is 1. The van der Waals surface area contributed by atoms with Gasteiger partial charge in [0.15, 0.2) is 5.96 Å². The molecule has 0 bridgehead atoms. The van der Waals surface area contributed by atoms with E-state index in [2.05, 4.69) is 16.9 Å². The van der Waals surface area contributed by atoms with E-state index < -0.39 is 0 Å². The highest BCUT2D eigenvalue weighted by Gasteiger charge is 2.13. The third-order valence-corrected chi connectivity index (χ3v) is 3.67. The van der Waals surface area contributed by atoms with Crippen molar-refractivity contribution in [3.63, 3.8) is 0 Å². The number of methoxy groups -OCH3 is 2. The van der Waals surface area contributed by atoms with Crippen LogP contribution in [0.4, 0.5) is 0 Å². The molecule has 0 aliphatic rings. The summed E-state index contributed by atoms with van der Waals surface area (Å²) in [7, 11) is 8.58. The summed E-state index contributed by atoms with van der Waals surface area (Å²) in [5.74, 6) is 2.04. The smallest absolute Gasteiger partial charge is 0.243 e. The van der Waals surface area contributed by atoms with Gasteiger partial charge in [0.25, 0.3) is 0 Å². The van der Waals surface area contributed by atoms with Crippen LogP contribution in [0.5, 0.6) is 11.5 Å². The second-order valence-electron chi connectivity index (χ2n) is 6.27. The van der Waals surface area contributed by atoms with Gasteiger partial charge in [0.2, 0.25) is 5.91 Å². The lowest BCUT2D eigenvalue weighted by Crippen LogP contribution is -2.40. The molecule has 152 valence electrons. The second-order valence-corrected chi connectivity index (χ2v) is 6.27. The van der Waals surface area contributed by atoms with Gasteiger partial charge < -0.3 is 24.6 Å². The zero-order valence-corrected chi connectivity index (χ0v) is 19.4. The maximum Gasteiger partial charge on any atom is 0.243 e. The molecule has 0 atom stereocenters. The average molecular weight is 490 g/mol. The van der Waals surface area contributed by atoms with Crippen LogP contribution < -0.4 is 14.8 Å². The van der Waals surface area contributed by atoms with Crippen molar-refractivity contribution < 1.29 is 14.3 Å². The number of nitrogens with zero attached hydrogens (tertiary/aromatic N) is 3. The molecule has 0 saturated carbocycles. The van der Waals surface area contributed by atoms with Crippen molar-refractivity contribution >= 4 is 35.8 Å². The Morgan fingerprint density at radius 1 is 1.22 bits per heavy atom. The van der Waals surface area contributed by atoms with Gasteiger partial charge in [-0.25, -0.2) is 4.99 Å². The van der Waals surface area contributed by atoms with Gasteiger partial charge in [-0.1, -0.05) is 12.2 Å². The van der Waals surface area contributed by atoms with E-state index in [-0.39, 0.29) is 36.4 Å². The predicted molar refractivity (Wildman–Crippen MR) is 120 cm³/mol. The summed E-state index contributed by atoms with van der Waals surface area (Å²) >= 11 is 0. The molecular formula is C19H31IN4O3. The monoisotopic (exact) mass is 490 g/mol. The number of hydrogen-bond donors (Lipinski definition) is 1. The minimum atomic E-state index is -0.0601. The number of hydrogen-bond acceptors (Lipinski definition) is 4. The zero-order chi connectivity index (χ0) is 19.7. The summed E-state index contributed by atoms with van der Waals surface area (Å²) in [6.07, 6.45) is 0.